The lowest BCUT2D eigenvalue weighted by atomic mass is 9.91. The van der Waals surface area contributed by atoms with E-state index in [4.69, 9.17) is 0 Å². The summed E-state index contributed by atoms with van der Waals surface area (Å²) >= 11 is 0. The summed E-state index contributed by atoms with van der Waals surface area (Å²) in [5.41, 5.74) is 5.77. The van der Waals surface area contributed by atoms with E-state index in [9.17, 15) is 0 Å². The zero-order valence-corrected chi connectivity index (χ0v) is 12.7. The van der Waals surface area contributed by atoms with Crippen LogP contribution in [0.3, 0.4) is 0 Å². The molecule has 0 bridgehead atoms. The van der Waals surface area contributed by atoms with Crippen LogP contribution in [-0.4, -0.2) is 20.6 Å². The lowest BCUT2D eigenvalue weighted by Gasteiger charge is -2.13. The molecule has 0 spiro atoms. The molecule has 0 saturated carbocycles. The summed E-state index contributed by atoms with van der Waals surface area (Å²) in [5, 5.41) is 14.3. The van der Waals surface area contributed by atoms with Crippen molar-refractivity contribution in [3.63, 3.8) is 0 Å². The van der Waals surface area contributed by atoms with Gasteiger partial charge in [0.2, 0.25) is 0 Å². The number of benzene rings is 2. The summed E-state index contributed by atoms with van der Waals surface area (Å²) < 4.78 is 0. The van der Waals surface area contributed by atoms with Gasteiger partial charge in [0.1, 0.15) is 0 Å². The standard InChI is InChI=1S/C18H19N4/c1-3-4-7-14-12-13(2)10-11-15(14)16-8-5-6-9-17(16)18-19-21-22-20-18/h5-6,8-12H,2-4,7H2,1H3,(H,19,20,21,22). The minimum absolute atomic E-state index is 0.691. The van der Waals surface area contributed by atoms with E-state index in [2.05, 4.69) is 58.7 Å². The highest BCUT2D eigenvalue weighted by atomic mass is 15.5. The van der Waals surface area contributed by atoms with Crippen LogP contribution in [0.2, 0.25) is 0 Å². The van der Waals surface area contributed by atoms with Crippen LogP contribution < -0.4 is 0 Å². The van der Waals surface area contributed by atoms with E-state index in [1.165, 1.54) is 24.0 Å². The fourth-order valence-electron chi connectivity index (χ4n) is 2.68. The number of rotatable bonds is 5. The van der Waals surface area contributed by atoms with Crippen molar-refractivity contribution in [2.75, 3.05) is 0 Å². The molecule has 1 heterocycles. The quantitative estimate of drug-likeness (QED) is 0.771. The first-order valence-electron chi connectivity index (χ1n) is 7.58. The van der Waals surface area contributed by atoms with Gasteiger partial charge in [-0.3, -0.25) is 0 Å². The molecule has 22 heavy (non-hydrogen) atoms. The first-order valence-corrected chi connectivity index (χ1v) is 7.58. The zero-order chi connectivity index (χ0) is 15.4. The molecule has 1 radical (unpaired) electrons. The molecule has 1 N–H and O–H groups in total. The van der Waals surface area contributed by atoms with Gasteiger partial charge in [-0.1, -0.05) is 55.8 Å². The predicted molar refractivity (Wildman–Crippen MR) is 88.1 cm³/mol. The Hall–Kier alpha value is -2.49. The highest BCUT2D eigenvalue weighted by molar-refractivity contribution is 5.82. The van der Waals surface area contributed by atoms with Gasteiger partial charge >= 0.3 is 0 Å². The number of tetrazole rings is 1. The van der Waals surface area contributed by atoms with Gasteiger partial charge in [0.25, 0.3) is 0 Å². The Labute approximate surface area is 130 Å². The number of nitrogens with one attached hydrogen (secondary N) is 1. The number of aromatic amines is 1. The Bertz CT molecular complexity index is 748. The molecular formula is C18H19N4. The maximum absolute atomic E-state index is 4.06. The largest absolute Gasteiger partial charge is 0.239 e. The number of aryl methyl sites for hydroxylation is 1. The van der Waals surface area contributed by atoms with Crippen LogP contribution in [0.4, 0.5) is 0 Å². The molecule has 2 aromatic carbocycles. The summed E-state index contributed by atoms with van der Waals surface area (Å²) in [6.45, 7) is 6.27. The van der Waals surface area contributed by atoms with Gasteiger partial charge in [0.15, 0.2) is 5.82 Å². The van der Waals surface area contributed by atoms with E-state index < -0.39 is 0 Å². The molecule has 4 heteroatoms. The molecule has 3 aromatic rings. The first kappa shape index (κ1) is 14.4. The summed E-state index contributed by atoms with van der Waals surface area (Å²) in [4.78, 5) is 0. The van der Waals surface area contributed by atoms with Gasteiger partial charge < -0.3 is 0 Å². The van der Waals surface area contributed by atoms with Crippen molar-refractivity contribution in [1.82, 2.24) is 20.6 Å². The Morgan fingerprint density at radius 2 is 1.86 bits per heavy atom. The summed E-state index contributed by atoms with van der Waals surface area (Å²) in [5.74, 6) is 0.691. The average Bonchev–Trinajstić information content (AvgIpc) is 3.07. The van der Waals surface area contributed by atoms with Crippen molar-refractivity contribution in [2.24, 2.45) is 0 Å². The van der Waals surface area contributed by atoms with E-state index >= 15 is 0 Å². The minimum Gasteiger partial charge on any atom is -0.239 e. The second-order valence-corrected chi connectivity index (χ2v) is 5.39. The first-order chi connectivity index (χ1) is 10.8. The second-order valence-electron chi connectivity index (χ2n) is 5.39. The Morgan fingerprint density at radius 3 is 2.59 bits per heavy atom. The monoisotopic (exact) mass is 291 g/mol. The molecule has 0 fully saturated rings. The van der Waals surface area contributed by atoms with Crippen LogP contribution >= 0.6 is 0 Å². The number of aromatic nitrogens is 4. The lowest BCUT2D eigenvalue weighted by Crippen LogP contribution is -1.94. The molecule has 0 aliphatic heterocycles. The van der Waals surface area contributed by atoms with Crippen LogP contribution in [0, 0.1) is 6.92 Å². The van der Waals surface area contributed by atoms with Crippen molar-refractivity contribution in [3.8, 4) is 22.5 Å². The predicted octanol–water partition coefficient (Wildman–Crippen LogP) is 4.06. The van der Waals surface area contributed by atoms with Crippen molar-refractivity contribution in [3.05, 3.63) is 60.5 Å². The average molecular weight is 291 g/mol. The fraction of sp³-hybridized carbons (Fsp3) is 0.222. The smallest absolute Gasteiger partial charge is 0.180 e. The minimum atomic E-state index is 0.691. The van der Waals surface area contributed by atoms with Crippen LogP contribution in [0.15, 0.2) is 42.5 Å². The SMILES string of the molecule is [CH2]c1ccc(-c2ccccc2-c2nnn[nH]2)c(CCCC)c1. The van der Waals surface area contributed by atoms with Gasteiger partial charge in [0.05, 0.1) is 0 Å². The van der Waals surface area contributed by atoms with Gasteiger partial charge in [-0.25, -0.2) is 5.10 Å². The number of nitrogens with zero attached hydrogens (tertiary/aromatic N) is 3. The molecule has 0 aliphatic carbocycles. The number of hydrogen-bond donors (Lipinski definition) is 1. The number of H-pyrrole nitrogens is 1. The third-order valence-electron chi connectivity index (χ3n) is 3.79. The van der Waals surface area contributed by atoms with Crippen LogP contribution in [0.25, 0.3) is 22.5 Å². The Kier molecular flexibility index (Phi) is 4.28. The third-order valence-corrected chi connectivity index (χ3v) is 3.79. The van der Waals surface area contributed by atoms with E-state index in [0.717, 1.165) is 23.1 Å². The second kappa shape index (κ2) is 6.52. The zero-order valence-electron chi connectivity index (χ0n) is 12.7. The van der Waals surface area contributed by atoms with Crippen LogP contribution in [0.1, 0.15) is 30.9 Å². The summed E-state index contributed by atoms with van der Waals surface area (Å²) in [6.07, 6.45) is 3.40. The molecule has 1 aromatic heterocycles. The molecule has 111 valence electrons. The molecule has 0 amide bonds. The van der Waals surface area contributed by atoms with Gasteiger partial charge in [-0.2, -0.15) is 0 Å². The molecule has 0 saturated heterocycles. The van der Waals surface area contributed by atoms with Crippen molar-refractivity contribution < 1.29 is 0 Å². The van der Waals surface area contributed by atoms with Crippen LogP contribution in [0.5, 0.6) is 0 Å². The molecule has 0 atom stereocenters. The van der Waals surface area contributed by atoms with Gasteiger partial charge in [-0.05, 0) is 52.4 Å². The molecule has 4 nitrogen and oxygen atoms in total. The van der Waals surface area contributed by atoms with E-state index in [1.807, 2.05) is 18.2 Å². The van der Waals surface area contributed by atoms with E-state index in [-0.39, 0.29) is 0 Å². The summed E-state index contributed by atoms with van der Waals surface area (Å²) in [7, 11) is 0. The molecular weight excluding hydrogens is 272 g/mol. The topological polar surface area (TPSA) is 54.5 Å². The highest BCUT2D eigenvalue weighted by Gasteiger charge is 2.13. The van der Waals surface area contributed by atoms with Crippen molar-refractivity contribution >= 4 is 0 Å². The normalized spacial score (nSPS) is 10.8. The fourth-order valence-corrected chi connectivity index (χ4v) is 2.68. The molecule has 0 aliphatic rings. The molecule has 3 rings (SSSR count). The maximum atomic E-state index is 4.06. The van der Waals surface area contributed by atoms with E-state index in [1.54, 1.807) is 0 Å². The Balaban J connectivity index is 2.12. The Morgan fingerprint density at radius 1 is 1.05 bits per heavy atom. The number of unbranched alkanes of at least 4 members (excludes halogenated alkanes) is 1. The van der Waals surface area contributed by atoms with Gasteiger partial charge in [0, 0.05) is 5.56 Å². The lowest BCUT2D eigenvalue weighted by molar-refractivity contribution is 0.796. The van der Waals surface area contributed by atoms with Crippen molar-refractivity contribution in [1.29, 1.82) is 0 Å². The molecule has 0 unspecified atom stereocenters. The number of hydrogen-bond acceptors (Lipinski definition) is 3. The van der Waals surface area contributed by atoms with E-state index in [0.29, 0.717) is 5.82 Å². The summed E-state index contributed by atoms with van der Waals surface area (Å²) in [6, 6.07) is 14.6. The van der Waals surface area contributed by atoms with Crippen molar-refractivity contribution in [2.45, 2.75) is 26.2 Å². The maximum Gasteiger partial charge on any atom is 0.180 e. The van der Waals surface area contributed by atoms with Gasteiger partial charge in [-0.15, -0.1) is 5.10 Å². The third kappa shape index (κ3) is 2.91. The highest BCUT2D eigenvalue weighted by Crippen LogP contribution is 2.33. The van der Waals surface area contributed by atoms with Crippen LogP contribution in [-0.2, 0) is 6.42 Å².